The molecule has 0 unspecified atom stereocenters. The lowest BCUT2D eigenvalue weighted by Gasteiger charge is -2.34. The first kappa shape index (κ1) is 13.3. The number of alkyl halides is 1. The lowest BCUT2D eigenvalue weighted by Crippen LogP contribution is -2.49. The minimum absolute atomic E-state index is 0.210. The second-order valence-corrected chi connectivity index (χ2v) is 4.11. The third kappa shape index (κ3) is 4.02. The van der Waals surface area contributed by atoms with Gasteiger partial charge in [0.15, 0.2) is 0 Å². The molecule has 1 fully saturated rings. The summed E-state index contributed by atoms with van der Waals surface area (Å²) in [6.07, 6.45) is -0.210. The standard InChI is InChI=1S/C11H19ClN2O2/c1-3-16-11(15)14-6-4-13(5-7-14)9-10(2)8-12/h2-9H2,1H3. The molecule has 1 saturated heterocycles. The number of rotatable bonds is 4. The van der Waals surface area contributed by atoms with Gasteiger partial charge in [-0.2, -0.15) is 0 Å². The van der Waals surface area contributed by atoms with Crippen LogP contribution in [0.4, 0.5) is 4.79 Å². The largest absolute Gasteiger partial charge is 0.450 e. The van der Waals surface area contributed by atoms with Crippen molar-refractivity contribution in [3.63, 3.8) is 0 Å². The van der Waals surface area contributed by atoms with Crippen molar-refractivity contribution in [3.8, 4) is 0 Å². The predicted octanol–water partition coefficient (Wildman–Crippen LogP) is 1.56. The van der Waals surface area contributed by atoms with E-state index in [9.17, 15) is 4.79 Å². The highest BCUT2D eigenvalue weighted by atomic mass is 35.5. The molecule has 1 heterocycles. The van der Waals surface area contributed by atoms with E-state index in [0.717, 1.165) is 25.2 Å². The van der Waals surface area contributed by atoms with Crippen LogP contribution in [0.2, 0.25) is 0 Å². The van der Waals surface area contributed by atoms with Crippen LogP contribution < -0.4 is 0 Å². The normalized spacial score (nSPS) is 17.2. The zero-order chi connectivity index (χ0) is 12.0. The smallest absolute Gasteiger partial charge is 0.409 e. The van der Waals surface area contributed by atoms with Crippen LogP contribution in [0.1, 0.15) is 6.92 Å². The van der Waals surface area contributed by atoms with Crippen LogP contribution in [0.15, 0.2) is 12.2 Å². The predicted molar refractivity (Wildman–Crippen MR) is 64.9 cm³/mol. The molecule has 0 aliphatic carbocycles. The minimum Gasteiger partial charge on any atom is -0.450 e. The zero-order valence-corrected chi connectivity index (χ0v) is 10.5. The molecule has 0 aromatic carbocycles. The van der Waals surface area contributed by atoms with E-state index in [1.54, 1.807) is 4.90 Å². The topological polar surface area (TPSA) is 32.8 Å². The van der Waals surface area contributed by atoms with E-state index >= 15 is 0 Å². The molecule has 1 amide bonds. The number of hydrogen-bond donors (Lipinski definition) is 0. The first-order valence-corrected chi connectivity index (χ1v) is 6.07. The number of nitrogens with zero attached hydrogens (tertiary/aromatic N) is 2. The third-order valence-corrected chi connectivity index (χ3v) is 2.91. The summed E-state index contributed by atoms with van der Waals surface area (Å²) in [7, 11) is 0. The van der Waals surface area contributed by atoms with E-state index in [4.69, 9.17) is 16.3 Å². The van der Waals surface area contributed by atoms with Gasteiger partial charge in [-0.3, -0.25) is 4.90 Å². The van der Waals surface area contributed by atoms with Gasteiger partial charge in [0.2, 0.25) is 0 Å². The van der Waals surface area contributed by atoms with Gasteiger partial charge >= 0.3 is 6.09 Å². The Hall–Kier alpha value is -0.740. The summed E-state index contributed by atoms with van der Waals surface area (Å²) < 4.78 is 4.95. The Bertz CT molecular complexity index is 250. The molecule has 92 valence electrons. The molecule has 1 aliphatic rings. The zero-order valence-electron chi connectivity index (χ0n) is 9.75. The molecular weight excluding hydrogens is 228 g/mol. The van der Waals surface area contributed by atoms with Gasteiger partial charge in [0, 0.05) is 38.6 Å². The van der Waals surface area contributed by atoms with Gasteiger partial charge in [-0.25, -0.2) is 4.79 Å². The first-order valence-electron chi connectivity index (χ1n) is 5.54. The lowest BCUT2D eigenvalue weighted by molar-refractivity contribution is 0.0820. The Balaban J connectivity index is 2.28. The molecule has 0 saturated carbocycles. The SMILES string of the molecule is C=C(CCl)CN1CCN(C(=O)OCC)CC1. The fraction of sp³-hybridized carbons (Fsp3) is 0.727. The average molecular weight is 247 g/mol. The summed E-state index contributed by atoms with van der Waals surface area (Å²) in [5, 5.41) is 0. The van der Waals surface area contributed by atoms with Gasteiger partial charge in [0.25, 0.3) is 0 Å². The summed E-state index contributed by atoms with van der Waals surface area (Å²) in [6, 6.07) is 0. The number of hydrogen-bond acceptors (Lipinski definition) is 3. The lowest BCUT2D eigenvalue weighted by atomic mass is 10.2. The molecule has 0 atom stereocenters. The summed E-state index contributed by atoms with van der Waals surface area (Å²) in [5.74, 6) is 0.498. The molecule has 0 N–H and O–H groups in total. The van der Waals surface area contributed by atoms with Crippen molar-refractivity contribution in [1.29, 1.82) is 0 Å². The second kappa shape index (κ2) is 6.76. The number of piperazine rings is 1. The maximum atomic E-state index is 11.4. The van der Waals surface area contributed by atoms with Gasteiger partial charge in [-0.05, 0) is 12.5 Å². The number of halogens is 1. The van der Waals surface area contributed by atoms with E-state index in [1.165, 1.54) is 0 Å². The Labute approximate surface area is 102 Å². The first-order chi connectivity index (χ1) is 7.67. The van der Waals surface area contributed by atoms with Crippen LogP contribution in [0.5, 0.6) is 0 Å². The van der Waals surface area contributed by atoms with E-state index in [1.807, 2.05) is 6.92 Å². The molecule has 0 aromatic rings. The highest BCUT2D eigenvalue weighted by Crippen LogP contribution is 2.06. The maximum absolute atomic E-state index is 11.4. The molecule has 0 radical (unpaired) electrons. The summed E-state index contributed by atoms with van der Waals surface area (Å²) >= 11 is 5.68. The molecular formula is C11H19ClN2O2. The van der Waals surface area contributed by atoms with Crippen LogP contribution in [0.25, 0.3) is 0 Å². The van der Waals surface area contributed by atoms with E-state index in [0.29, 0.717) is 25.6 Å². The molecule has 5 heteroatoms. The summed E-state index contributed by atoms with van der Waals surface area (Å²) in [6.45, 7) is 10.1. The van der Waals surface area contributed by atoms with Crippen LogP contribution in [0, 0.1) is 0 Å². The highest BCUT2D eigenvalue weighted by molar-refractivity contribution is 6.19. The van der Waals surface area contributed by atoms with Crippen LogP contribution in [-0.2, 0) is 4.74 Å². The van der Waals surface area contributed by atoms with Crippen LogP contribution >= 0.6 is 11.6 Å². The van der Waals surface area contributed by atoms with Crippen molar-refractivity contribution in [2.24, 2.45) is 0 Å². The fourth-order valence-corrected chi connectivity index (χ4v) is 1.75. The second-order valence-electron chi connectivity index (χ2n) is 3.85. The third-order valence-electron chi connectivity index (χ3n) is 2.53. The van der Waals surface area contributed by atoms with E-state index in [-0.39, 0.29) is 6.09 Å². The Morgan fingerprint density at radius 3 is 2.50 bits per heavy atom. The molecule has 1 aliphatic heterocycles. The van der Waals surface area contributed by atoms with Crippen molar-refractivity contribution >= 4 is 17.7 Å². The number of amides is 1. The number of carbonyl (C=O) groups excluding carboxylic acids is 1. The summed E-state index contributed by atoms with van der Waals surface area (Å²) in [5.41, 5.74) is 1.02. The molecule has 16 heavy (non-hydrogen) atoms. The van der Waals surface area contributed by atoms with Crippen LogP contribution in [0.3, 0.4) is 0 Å². The monoisotopic (exact) mass is 246 g/mol. The number of ether oxygens (including phenoxy) is 1. The maximum Gasteiger partial charge on any atom is 0.409 e. The summed E-state index contributed by atoms with van der Waals surface area (Å²) in [4.78, 5) is 15.4. The Morgan fingerprint density at radius 1 is 1.38 bits per heavy atom. The molecule has 0 bridgehead atoms. The Kier molecular flexibility index (Phi) is 5.63. The highest BCUT2D eigenvalue weighted by Gasteiger charge is 2.21. The molecule has 4 nitrogen and oxygen atoms in total. The van der Waals surface area contributed by atoms with Crippen molar-refractivity contribution in [3.05, 3.63) is 12.2 Å². The van der Waals surface area contributed by atoms with Gasteiger partial charge in [0.1, 0.15) is 0 Å². The van der Waals surface area contributed by atoms with Crippen molar-refractivity contribution in [1.82, 2.24) is 9.80 Å². The van der Waals surface area contributed by atoms with Crippen molar-refractivity contribution < 1.29 is 9.53 Å². The molecule has 0 aromatic heterocycles. The Morgan fingerprint density at radius 2 is 2.00 bits per heavy atom. The van der Waals surface area contributed by atoms with E-state index in [2.05, 4.69) is 11.5 Å². The van der Waals surface area contributed by atoms with Gasteiger partial charge < -0.3 is 9.64 Å². The van der Waals surface area contributed by atoms with Gasteiger partial charge in [-0.15, -0.1) is 11.6 Å². The molecule has 1 rings (SSSR count). The van der Waals surface area contributed by atoms with Crippen molar-refractivity contribution in [2.45, 2.75) is 6.92 Å². The van der Waals surface area contributed by atoms with Gasteiger partial charge in [0.05, 0.1) is 6.61 Å². The fourth-order valence-electron chi connectivity index (χ4n) is 1.66. The van der Waals surface area contributed by atoms with Crippen LogP contribution in [-0.4, -0.2) is 61.1 Å². The van der Waals surface area contributed by atoms with Gasteiger partial charge in [-0.1, -0.05) is 6.58 Å². The minimum atomic E-state index is -0.210. The van der Waals surface area contributed by atoms with Crippen molar-refractivity contribution in [2.75, 3.05) is 45.2 Å². The molecule has 0 spiro atoms. The average Bonchev–Trinajstić information content (AvgIpc) is 2.30. The number of carbonyl (C=O) groups is 1. The quantitative estimate of drug-likeness (QED) is 0.558. The van der Waals surface area contributed by atoms with E-state index < -0.39 is 0 Å².